The monoisotopic (exact) mass is 233 g/mol. The SMILES string of the molecule is Cn1ccnc1CCC1(C2CCCC2)CNC1. The molecule has 0 bridgehead atoms. The summed E-state index contributed by atoms with van der Waals surface area (Å²) >= 11 is 0. The Labute approximate surface area is 104 Å². The van der Waals surface area contributed by atoms with E-state index in [9.17, 15) is 0 Å². The molecule has 3 heteroatoms. The van der Waals surface area contributed by atoms with Crippen molar-refractivity contribution in [1.82, 2.24) is 14.9 Å². The third kappa shape index (κ3) is 2.01. The van der Waals surface area contributed by atoms with E-state index in [2.05, 4.69) is 28.1 Å². The molecular weight excluding hydrogens is 210 g/mol. The third-order valence-electron chi connectivity index (χ3n) is 4.94. The van der Waals surface area contributed by atoms with Crippen molar-refractivity contribution in [2.75, 3.05) is 13.1 Å². The highest BCUT2D eigenvalue weighted by molar-refractivity contribution is 5.01. The number of aryl methyl sites for hydroxylation is 2. The van der Waals surface area contributed by atoms with Gasteiger partial charge in [-0.25, -0.2) is 4.98 Å². The zero-order valence-corrected chi connectivity index (χ0v) is 10.8. The van der Waals surface area contributed by atoms with Gasteiger partial charge in [0.05, 0.1) is 0 Å². The molecule has 2 aliphatic rings. The maximum atomic E-state index is 4.45. The quantitative estimate of drug-likeness (QED) is 0.863. The van der Waals surface area contributed by atoms with E-state index in [-0.39, 0.29) is 0 Å². The Morgan fingerprint density at radius 2 is 2.18 bits per heavy atom. The summed E-state index contributed by atoms with van der Waals surface area (Å²) in [7, 11) is 2.10. The number of hydrogen-bond donors (Lipinski definition) is 1. The Hall–Kier alpha value is -0.830. The minimum absolute atomic E-state index is 0.600. The predicted octanol–water partition coefficient (Wildman–Crippen LogP) is 2.13. The van der Waals surface area contributed by atoms with Gasteiger partial charge in [0, 0.05) is 39.0 Å². The summed E-state index contributed by atoms with van der Waals surface area (Å²) in [5, 5.41) is 3.50. The van der Waals surface area contributed by atoms with Crippen LogP contribution in [0.5, 0.6) is 0 Å². The Balaban J connectivity index is 1.64. The molecule has 0 amide bonds. The van der Waals surface area contributed by atoms with E-state index >= 15 is 0 Å². The minimum Gasteiger partial charge on any atom is -0.338 e. The lowest BCUT2D eigenvalue weighted by molar-refractivity contribution is 0.0695. The fourth-order valence-corrected chi connectivity index (χ4v) is 3.65. The lowest BCUT2D eigenvalue weighted by Gasteiger charge is -2.47. The molecule has 1 aromatic rings. The molecule has 1 aliphatic carbocycles. The van der Waals surface area contributed by atoms with Gasteiger partial charge in [0.15, 0.2) is 0 Å². The maximum absolute atomic E-state index is 4.45. The van der Waals surface area contributed by atoms with E-state index in [1.807, 2.05) is 6.20 Å². The van der Waals surface area contributed by atoms with Gasteiger partial charge in [-0.05, 0) is 30.6 Å². The number of aromatic nitrogens is 2. The van der Waals surface area contributed by atoms with Crippen molar-refractivity contribution in [3.05, 3.63) is 18.2 Å². The van der Waals surface area contributed by atoms with Gasteiger partial charge in [-0.2, -0.15) is 0 Å². The van der Waals surface area contributed by atoms with Gasteiger partial charge >= 0.3 is 0 Å². The second-order valence-corrected chi connectivity index (χ2v) is 5.90. The predicted molar refractivity (Wildman–Crippen MR) is 68.8 cm³/mol. The molecule has 0 atom stereocenters. The van der Waals surface area contributed by atoms with Crippen molar-refractivity contribution in [1.29, 1.82) is 0 Å². The summed E-state index contributed by atoms with van der Waals surface area (Å²) in [6, 6.07) is 0. The average Bonchev–Trinajstić information content (AvgIpc) is 2.89. The molecule has 2 fully saturated rings. The van der Waals surface area contributed by atoms with Crippen LogP contribution in [-0.4, -0.2) is 22.6 Å². The largest absolute Gasteiger partial charge is 0.338 e. The lowest BCUT2D eigenvalue weighted by Crippen LogP contribution is -2.57. The number of nitrogens with one attached hydrogen (secondary N) is 1. The Bertz CT molecular complexity index is 373. The number of imidazole rings is 1. The number of nitrogens with zero attached hydrogens (tertiary/aromatic N) is 2. The first kappa shape index (κ1) is 11.3. The van der Waals surface area contributed by atoms with Gasteiger partial charge in [0.1, 0.15) is 5.82 Å². The summed E-state index contributed by atoms with van der Waals surface area (Å²) in [5.41, 5.74) is 0.600. The van der Waals surface area contributed by atoms with Crippen LogP contribution in [0.1, 0.15) is 37.9 Å². The summed E-state index contributed by atoms with van der Waals surface area (Å²) in [5.74, 6) is 2.22. The minimum atomic E-state index is 0.600. The summed E-state index contributed by atoms with van der Waals surface area (Å²) < 4.78 is 2.16. The van der Waals surface area contributed by atoms with Crippen LogP contribution in [0.2, 0.25) is 0 Å². The molecule has 0 spiro atoms. The maximum Gasteiger partial charge on any atom is 0.108 e. The van der Waals surface area contributed by atoms with Gasteiger partial charge in [-0.1, -0.05) is 12.8 Å². The lowest BCUT2D eigenvalue weighted by atomic mass is 9.67. The van der Waals surface area contributed by atoms with E-state index in [1.165, 1.54) is 51.0 Å². The number of rotatable bonds is 4. The molecule has 1 saturated carbocycles. The van der Waals surface area contributed by atoms with E-state index in [0.29, 0.717) is 5.41 Å². The molecule has 0 aromatic carbocycles. The highest BCUT2D eigenvalue weighted by Crippen LogP contribution is 2.45. The Kier molecular flexibility index (Phi) is 2.95. The smallest absolute Gasteiger partial charge is 0.108 e. The Morgan fingerprint density at radius 3 is 2.71 bits per heavy atom. The van der Waals surface area contributed by atoms with E-state index < -0.39 is 0 Å². The Morgan fingerprint density at radius 1 is 1.41 bits per heavy atom. The highest BCUT2D eigenvalue weighted by atomic mass is 15.0. The average molecular weight is 233 g/mol. The van der Waals surface area contributed by atoms with Crippen LogP contribution < -0.4 is 5.32 Å². The second kappa shape index (κ2) is 4.45. The zero-order valence-electron chi connectivity index (χ0n) is 10.8. The third-order valence-corrected chi connectivity index (χ3v) is 4.94. The molecule has 1 aliphatic heterocycles. The molecule has 3 nitrogen and oxygen atoms in total. The summed E-state index contributed by atoms with van der Waals surface area (Å²) in [4.78, 5) is 4.45. The number of hydrogen-bond acceptors (Lipinski definition) is 2. The van der Waals surface area contributed by atoms with Crippen molar-refractivity contribution in [3.8, 4) is 0 Å². The van der Waals surface area contributed by atoms with Crippen LogP contribution >= 0.6 is 0 Å². The van der Waals surface area contributed by atoms with Crippen molar-refractivity contribution in [3.63, 3.8) is 0 Å². The highest BCUT2D eigenvalue weighted by Gasteiger charge is 2.44. The standard InChI is InChI=1S/C14H23N3/c1-17-9-8-16-13(17)6-7-14(10-15-11-14)12-4-2-3-5-12/h8-9,12,15H,2-7,10-11H2,1H3. The van der Waals surface area contributed by atoms with E-state index in [1.54, 1.807) is 0 Å². The fourth-order valence-electron chi connectivity index (χ4n) is 3.65. The van der Waals surface area contributed by atoms with E-state index in [0.717, 1.165) is 12.3 Å². The first-order valence-electron chi connectivity index (χ1n) is 6.97. The van der Waals surface area contributed by atoms with Crippen molar-refractivity contribution in [2.24, 2.45) is 18.4 Å². The molecule has 2 heterocycles. The molecule has 1 aromatic heterocycles. The molecule has 1 N–H and O–H groups in total. The molecular formula is C14H23N3. The van der Waals surface area contributed by atoms with Crippen LogP contribution in [0.4, 0.5) is 0 Å². The summed E-state index contributed by atoms with van der Waals surface area (Å²) in [6.07, 6.45) is 12.2. The molecule has 0 unspecified atom stereocenters. The van der Waals surface area contributed by atoms with Gasteiger partial charge < -0.3 is 9.88 Å². The molecule has 0 radical (unpaired) electrons. The van der Waals surface area contributed by atoms with Crippen LogP contribution in [-0.2, 0) is 13.5 Å². The zero-order chi connectivity index (χ0) is 11.7. The summed E-state index contributed by atoms with van der Waals surface area (Å²) in [6.45, 7) is 2.48. The molecule has 1 saturated heterocycles. The molecule has 3 rings (SSSR count). The van der Waals surface area contributed by atoms with Gasteiger partial charge in [-0.3, -0.25) is 0 Å². The van der Waals surface area contributed by atoms with Crippen molar-refractivity contribution < 1.29 is 0 Å². The van der Waals surface area contributed by atoms with Gasteiger partial charge in [0.25, 0.3) is 0 Å². The van der Waals surface area contributed by atoms with Crippen LogP contribution in [0.25, 0.3) is 0 Å². The molecule has 94 valence electrons. The first-order valence-corrected chi connectivity index (χ1v) is 6.97. The van der Waals surface area contributed by atoms with Gasteiger partial charge in [-0.15, -0.1) is 0 Å². The van der Waals surface area contributed by atoms with Crippen LogP contribution in [0, 0.1) is 11.3 Å². The van der Waals surface area contributed by atoms with E-state index in [4.69, 9.17) is 0 Å². The van der Waals surface area contributed by atoms with Crippen LogP contribution in [0.15, 0.2) is 12.4 Å². The fraction of sp³-hybridized carbons (Fsp3) is 0.786. The molecule has 17 heavy (non-hydrogen) atoms. The second-order valence-electron chi connectivity index (χ2n) is 5.90. The topological polar surface area (TPSA) is 29.9 Å². The first-order chi connectivity index (χ1) is 8.30. The normalized spacial score (nSPS) is 23.8. The van der Waals surface area contributed by atoms with Crippen LogP contribution in [0.3, 0.4) is 0 Å². The van der Waals surface area contributed by atoms with Gasteiger partial charge in [0.2, 0.25) is 0 Å². The van der Waals surface area contributed by atoms with Crippen molar-refractivity contribution in [2.45, 2.75) is 38.5 Å². The van der Waals surface area contributed by atoms with Crippen molar-refractivity contribution >= 4 is 0 Å².